The quantitative estimate of drug-likeness (QED) is 0.850. The molecule has 2 rings (SSSR count). The fraction of sp³-hybridized carbons (Fsp3) is 0.533. The SMILES string of the molecule is CCc1ccsc1CN1C(=O)NC(=O)C(CC)(CC)C1=O. The summed E-state index contributed by atoms with van der Waals surface area (Å²) >= 11 is 1.53. The average Bonchev–Trinajstić information content (AvgIpc) is 2.92. The molecular weight excluding hydrogens is 288 g/mol. The number of carbonyl (C=O) groups excluding carboxylic acids is 3. The molecule has 21 heavy (non-hydrogen) atoms. The van der Waals surface area contributed by atoms with Crippen molar-refractivity contribution in [3.05, 3.63) is 21.9 Å². The molecule has 0 aromatic carbocycles. The second kappa shape index (κ2) is 5.97. The number of rotatable bonds is 5. The summed E-state index contributed by atoms with van der Waals surface area (Å²) < 4.78 is 0. The number of nitrogens with one attached hydrogen (secondary N) is 1. The van der Waals surface area contributed by atoms with Crippen molar-refractivity contribution in [1.82, 2.24) is 10.2 Å². The largest absolute Gasteiger partial charge is 0.331 e. The van der Waals surface area contributed by atoms with Crippen molar-refractivity contribution in [1.29, 1.82) is 0 Å². The topological polar surface area (TPSA) is 66.5 Å². The lowest BCUT2D eigenvalue weighted by atomic mass is 9.78. The third-order valence-corrected chi connectivity index (χ3v) is 5.23. The fourth-order valence-corrected chi connectivity index (χ4v) is 3.68. The molecule has 0 radical (unpaired) electrons. The van der Waals surface area contributed by atoms with E-state index in [4.69, 9.17) is 0 Å². The molecule has 2 heterocycles. The van der Waals surface area contributed by atoms with Crippen molar-refractivity contribution < 1.29 is 14.4 Å². The lowest BCUT2D eigenvalue weighted by Gasteiger charge is -2.38. The van der Waals surface area contributed by atoms with E-state index < -0.39 is 17.4 Å². The first-order valence-electron chi connectivity index (χ1n) is 7.22. The van der Waals surface area contributed by atoms with E-state index in [1.54, 1.807) is 13.8 Å². The zero-order valence-corrected chi connectivity index (χ0v) is 13.4. The molecule has 5 nitrogen and oxygen atoms in total. The molecule has 1 saturated heterocycles. The molecule has 0 bridgehead atoms. The smallest absolute Gasteiger partial charge is 0.277 e. The van der Waals surface area contributed by atoms with Gasteiger partial charge in [-0.15, -0.1) is 11.3 Å². The number of barbiturate groups is 1. The molecule has 4 amide bonds. The highest BCUT2D eigenvalue weighted by Gasteiger charge is 2.51. The van der Waals surface area contributed by atoms with Crippen molar-refractivity contribution in [3.8, 4) is 0 Å². The van der Waals surface area contributed by atoms with Crippen molar-refractivity contribution in [3.63, 3.8) is 0 Å². The molecule has 1 aliphatic heterocycles. The molecule has 1 aliphatic rings. The Kier molecular flexibility index (Phi) is 4.46. The van der Waals surface area contributed by atoms with Gasteiger partial charge in [-0.3, -0.25) is 19.8 Å². The molecule has 114 valence electrons. The number of aryl methyl sites for hydroxylation is 1. The summed E-state index contributed by atoms with van der Waals surface area (Å²) in [6.07, 6.45) is 1.64. The Labute approximate surface area is 128 Å². The second-order valence-electron chi connectivity index (χ2n) is 5.16. The minimum atomic E-state index is -1.11. The average molecular weight is 308 g/mol. The molecule has 0 spiro atoms. The summed E-state index contributed by atoms with van der Waals surface area (Å²) in [4.78, 5) is 39.0. The summed E-state index contributed by atoms with van der Waals surface area (Å²) in [6.45, 7) is 5.88. The third kappa shape index (κ3) is 2.48. The van der Waals surface area contributed by atoms with Crippen LogP contribution in [0.4, 0.5) is 4.79 Å². The van der Waals surface area contributed by atoms with Crippen LogP contribution in [-0.4, -0.2) is 22.7 Å². The first kappa shape index (κ1) is 15.7. The number of carbonyl (C=O) groups is 3. The number of nitrogens with zero attached hydrogens (tertiary/aromatic N) is 1. The lowest BCUT2D eigenvalue weighted by molar-refractivity contribution is -0.152. The van der Waals surface area contributed by atoms with Crippen molar-refractivity contribution >= 4 is 29.2 Å². The number of amides is 4. The van der Waals surface area contributed by atoms with Crippen LogP contribution in [0.1, 0.15) is 44.1 Å². The summed E-state index contributed by atoms with van der Waals surface area (Å²) in [5.74, 6) is -0.850. The molecule has 0 atom stereocenters. The summed E-state index contributed by atoms with van der Waals surface area (Å²) in [6, 6.07) is 1.39. The Hall–Kier alpha value is -1.69. The minimum absolute atomic E-state index is 0.237. The van der Waals surface area contributed by atoms with Gasteiger partial charge in [0, 0.05) is 4.88 Å². The standard InChI is InChI=1S/C15H20N2O3S/c1-4-10-7-8-21-11(10)9-17-13(19)15(5-2,6-3)12(18)16-14(17)20/h7-8H,4-6,9H2,1-3H3,(H,16,18,20). The predicted molar refractivity (Wildman–Crippen MR) is 80.8 cm³/mol. The van der Waals surface area contributed by atoms with Crippen LogP contribution in [-0.2, 0) is 22.6 Å². The molecule has 0 saturated carbocycles. The summed E-state index contributed by atoms with van der Waals surface area (Å²) in [7, 11) is 0. The van der Waals surface area contributed by atoms with Gasteiger partial charge in [-0.25, -0.2) is 4.79 Å². The zero-order chi connectivity index (χ0) is 15.6. The molecule has 1 aromatic heterocycles. The first-order chi connectivity index (χ1) is 10.00. The second-order valence-corrected chi connectivity index (χ2v) is 6.16. The van der Waals surface area contributed by atoms with E-state index in [0.717, 1.165) is 16.9 Å². The van der Waals surface area contributed by atoms with Gasteiger partial charge in [-0.05, 0) is 36.3 Å². The summed E-state index contributed by atoms with van der Waals surface area (Å²) in [5, 5.41) is 4.29. The maximum Gasteiger partial charge on any atom is 0.331 e. The number of hydrogen-bond donors (Lipinski definition) is 1. The highest BCUT2D eigenvalue weighted by Crippen LogP contribution is 2.33. The number of thiophene rings is 1. The van der Waals surface area contributed by atoms with Crippen LogP contribution in [0, 0.1) is 5.41 Å². The van der Waals surface area contributed by atoms with E-state index in [2.05, 4.69) is 5.32 Å². The molecule has 1 N–H and O–H groups in total. The van der Waals surface area contributed by atoms with Gasteiger partial charge in [0.2, 0.25) is 11.8 Å². The van der Waals surface area contributed by atoms with Crippen LogP contribution >= 0.6 is 11.3 Å². The van der Waals surface area contributed by atoms with Gasteiger partial charge in [0.25, 0.3) is 0 Å². The van der Waals surface area contributed by atoms with E-state index >= 15 is 0 Å². The van der Waals surface area contributed by atoms with Gasteiger partial charge >= 0.3 is 6.03 Å². The maximum atomic E-state index is 12.7. The third-order valence-electron chi connectivity index (χ3n) is 4.28. The zero-order valence-electron chi connectivity index (χ0n) is 12.6. The molecule has 1 aromatic rings. The van der Waals surface area contributed by atoms with Crippen LogP contribution in [0.3, 0.4) is 0 Å². The van der Waals surface area contributed by atoms with Crippen LogP contribution in [0.5, 0.6) is 0 Å². The number of urea groups is 1. The van der Waals surface area contributed by atoms with Crippen molar-refractivity contribution in [2.45, 2.75) is 46.6 Å². The Morgan fingerprint density at radius 2 is 1.86 bits per heavy atom. The maximum absolute atomic E-state index is 12.7. The van der Waals surface area contributed by atoms with Gasteiger partial charge in [0.1, 0.15) is 5.41 Å². The minimum Gasteiger partial charge on any atom is -0.277 e. The van der Waals surface area contributed by atoms with E-state index in [1.165, 1.54) is 16.2 Å². The predicted octanol–water partition coefficient (Wildman–Crippen LogP) is 2.70. The molecule has 0 aliphatic carbocycles. The Morgan fingerprint density at radius 1 is 1.19 bits per heavy atom. The monoisotopic (exact) mass is 308 g/mol. The van der Waals surface area contributed by atoms with E-state index in [9.17, 15) is 14.4 Å². The lowest BCUT2D eigenvalue weighted by Crippen LogP contribution is -2.63. The number of imide groups is 2. The van der Waals surface area contributed by atoms with Gasteiger partial charge in [0.15, 0.2) is 0 Å². The molecule has 0 unspecified atom stereocenters. The van der Waals surface area contributed by atoms with Gasteiger partial charge < -0.3 is 0 Å². The van der Waals surface area contributed by atoms with Gasteiger partial charge in [0.05, 0.1) is 6.54 Å². The Morgan fingerprint density at radius 3 is 2.43 bits per heavy atom. The van der Waals surface area contributed by atoms with E-state index in [1.807, 2.05) is 18.4 Å². The van der Waals surface area contributed by atoms with Crippen molar-refractivity contribution in [2.24, 2.45) is 5.41 Å². The van der Waals surface area contributed by atoms with E-state index in [-0.39, 0.29) is 12.5 Å². The number of hydrogen-bond acceptors (Lipinski definition) is 4. The Balaban J connectivity index is 2.32. The molecule has 1 fully saturated rings. The Bertz CT molecular complexity index is 575. The van der Waals surface area contributed by atoms with Crippen LogP contribution < -0.4 is 5.32 Å². The fourth-order valence-electron chi connectivity index (χ4n) is 2.71. The van der Waals surface area contributed by atoms with E-state index in [0.29, 0.717) is 12.8 Å². The highest BCUT2D eigenvalue weighted by molar-refractivity contribution is 7.10. The van der Waals surface area contributed by atoms with Crippen molar-refractivity contribution in [2.75, 3.05) is 0 Å². The van der Waals surface area contributed by atoms with Gasteiger partial charge in [-0.1, -0.05) is 20.8 Å². The summed E-state index contributed by atoms with van der Waals surface area (Å²) in [5.41, 5.74) is 0.0217. The molecular formula is C15H20N2O3S. The molecule has 6 heteroatoms. The highest BCUT2D eigenvalue weighted by atomic mass is 32.1. The first-order valence-corrected chi connectivity index (χ1v) is 8.10. The van der Waals surface area contributed by atoms with Crippen LogP contribution in [0.15, 0.2) is 11.4 Å². The van der Waals surface area contributed by atoms with Gasteiger partial charge in [-0.2, -0.15) is 0 Å². The van der Waals surface area contributed by atoms with Crippen LogP contribution in [0.25, 0.3) is 0 Å². The van der Waals surface area contributed by atoms with Crippen LogP contribution in [0.2, 0.25) is 0 Å². The normalized spacial score (nSPS) is 18.0.